The first-order valence-electron chi connectivity index (χ1n) is 11.8. The normalized spacial score (nSPS) is 11.8. The van der Waals surface area contributed by atoms with Gasteiger partial charge in [0.25, 0.3) is 5.91 Å². The van der Waals surface area contributed by atoms with Gasteiger partial charge in [0, 0.05) is 10.6 Å². The fraction of sp³-hybridized carbons (Fsp3) is 0.241. The van der Waals surface area contributed by atoms with Crippen LogP contribution in [-0.2, 0) is 22.6 Å². The number of benzene rings is 2. The highest BCUT2D eigenvalue weighted by atomic mass is 32.1. The van der Waals surface area contributed by atoms with Gasteiger partial charge in [-0.25, -0.2) is 0 Å². The van der Waals surface area contributed by atoms with Crippen molar-refractivity contribution in [1.82, 2.24) is 4.90 Å². The fourth-order valence-corrected chi connectivity index (χ4v) is 4.67. The number of carbonyl (C=O) groups is 2. The fourth-order valence-electron chi connectivity index (χ4n) is 3.98. The Hall–Kier alpha value is -3.84. The monoisotopic (exact) mass is 502 g/mol. The van der Waals surface area contributed by atoms with Crippen LogP contribution in [0, 0.1) is 0 Å². The Morgan fingerprint density at radius 2 is 1.69 bits per heavy atom. The van der Waals surface area contributed by atoms with Crippen LogP contribution in [0.4, 0.5) is 5.69 Å². The van der Waals surface area contributed by atoms with Crippen LogP contribution in [0.2, 0.25) is 0 Å². The van der Waals surface area contributed by atoms with E-state index in [0.29, 0.717) is 28.7 Å². The lowest BCUT2D eigenvalue weighted by atomic mass is 10.0. The molecule has 6 nitrogen and oxygen atoms in total. The molecule has 2 amide bonds. The Morgan fingerprint density at radius 1 is 0.972 bits per heavy atom. The molecule has 36 heavy (non-hydrogen) atoms. The third-order valence-corrected chi connectivity index (χ3v) is 6.85. The van der Waals surface area contributed by atoms with E-state index >= 15 is 0 Å². The Morgan fingerprint density at radius 3 is 2.28 bits per heavy atom. The van der Waals surface area contributed by atoms with E-state index in [1.54, 1.807) is 42.5 Å². The summed E-state index contributed by atoms with van der Waals surface area (Å²) in [5.41, 5.74) is 2.54. The molecule has 0 aliphatic heterocycles. The highest BCUT2D eigenvalue weighted by Crippen LogP contribution is 2.29. The van der Waals surface area contributed by atoms with Crippen LogP contribution in [0.25, 0.3) is 0 Å². The second-order valence-electron chi connectivity index (χ2n) is 8.80. The van der Waals surface area contributed by atoms with Crippen LogP contribution in [-0.4, -0.2) is 23.8 Å². The zero-order valence-electron chi connectivity index (χ0n) is 20.6. The maximum Gasteiger partial charge on any atom is 0.251 e. The van der Waals surface area contributed by atoms with E-state index in [1.165, 1.54) is 16.9 Å². The van der Waals surface area contributed by atoms with E-state index in [9.17, 15) is 9.59 Å². The predicted octanol–water partition coefficient (Wildman–Crippen LogP) is 6.42. The third kappa shape index (κ3) is 6.23. The molecule has 0 unspecified atom stereocenters. The van der Waals surface area contributed by atoms with E-state index < -0.39 is 6.04 Å². The number of rotatable bonds is 10. The van der Waals surface area contributed by atoms with Crippen LogP contribution < -0.4 is 10.1 Å². The molecule has 4 rings (SSSR count). The van der Waals surface area contributed by atoms with Crippen molar-refractivity contribution in [3.8, 4) is 5.75 Å². The first kappa shape index (κ1) is 25.3. The molecule has 0 aliphatic carbocycles. The molecular formula is C29H30N2O4S. The smallest absolute Gasteiger partial charge is 0.251 e. The van der Waals surface area contributed by atoms with Crippen molar-refractivity contribution < 1.29 is 18.7 Å². The molecule has 7 heteroatoms. The van der Waals surface area contributed by atoms with Gasteiger partial charge in [-0.3, -0.25) is 9.59 Å². The van der Waals surface area contributed by atoms with Gasteiger partial charge in [-0.05, 0) is 64.9 Å². The summed E-state index contributed by atoms with van der Waals surface area (Å²) in [6, 6.07) is 21.6. The van der Waals surface area contributed by atoms with Crippen LogP contribution in [0.1, 0.15) is 47.6 Å². The van der Waals surface area contributed by atoms with Crippen molar-refractivity contribution in [3.05, 3.63) is 106 Å². The molecule has 0 saturated carbocycles. The van der Waals surface area contributed by atoms with Gasteiger partial charge in [-0.1, -0.05) is 44.2 Å². The summed E-state index contributed by atoms with van der Waals surface area (Å²) in [6.07, 6.45) is 1.76. The largest absolute Gasteiger partial charge is 0.497 e. The Bertz CT molecular complexity index is 1250. The number of thiophene rings is 1. The third-order valence-electron chi connectivity index (χ3n) is 5.97. The van der Waals surface area contributed by atoms with Crippen molar-refractivity contribution in [1.29, 1.82) is 0 Å². The van der Waals surface area contributed by atoms with E-state index in [4.69, 9.17) is 9.15 Å². The van der Waals surface area contributed by atoms with Crippen molar-refractivity contribution in [2.75, 3.05) is 12.4 Å². The quantitative estimate of drug-likeness (QED) is 0.271. The van der Waals surface area contributed by atoms with Crippen molar-refractivity contribution >= 4 is 28.8 Å². The number of methoxy groups -OCH3 is 1. The highest BCUT2D eigenvalue weighted by Gasteiger charge is 2.32. The number of nitrogens with zero attached hydrogens (tertiary/aromatic N) is 1. The van der Waals surface area contributed by atoms with E-state index in [2.05, 4.69) is 19.2 Å². The lowest BCUT2D eigenvalue weighted by Crippen LogP contribution is -2.41. The summed E-state index contributed by atoms with van der Waals surface area (Å²) in [7, 11) is 1.59. The molecule has 0 aliphatic rings. The summed E-state index contributed by atoms with van der Waals surface area (Å²) >= 11 is 1.52. The van der Waals surface area contributed by atoms with Crippen LogP contribution in [0.3, 0.4) is 0 Å². The van der Waals surface area contributed by atoms with Gasteiger partial charge in [0.1, 0.15) is 17.6 Å². The van der Waals surface area contributed by atoms with Gasteiger partial charge in [-0.15, -0.1) is 11.3 Å². The minimum atomic E-state index is -0.877. The molecule has 0 bridgehead atoms. The van der Waals surface area contributed by atoms with Gasteiger partial charge >= 0.3 is 0 Å². The summed E-state index contributed by atoms with van der Waals surface area (Å²) in [4.78, 5) is 30.0. The number of nitrogens with one attached hydrogen (secondary N) is 1. The lowest BCUT2D eigenvalue weighted by molar-refractivity contribution is -0.139. The predicted molar refractivity (Wildman–Crippen MR) is 142 cm³/mol. The first-order valence-corrected chi connectivity index (χ1v) is 12.7. The number of ether oxygens (including phenoxy) is 1. The van der Waals surface area contributed by atoms with Gasteiger partial charge < -0.3 is 19.4 Å². The Kier molecular flexibility index (Phi) is 8.23. The van der Waals surface area contributed by atoms with Crippen molar-refractivity contribution in [2.45, 2.75) is 38.8 Å². The molecule has 1 N–H and O–H groups in total. The molecule has 2 heterocycles. The minimum Gasteiger partial charge on any atom is -0.497 e. The molecular weight excluding hydrogens is 472 g/mol. The molecule has 0 fully saturated rings. The average molecular weight is 503 g/mol. The Balaban J connectivity index is 1.69. The number of amides is 2. The Labute approximate surface area is 215 Å². The average Bonchev–Trinajstić information content (AvgIpc) is 3.59. The van der Waals surface area contributed by atoms with E-state index in [1.807, 2.05) is 53.9 Å². The standard InChI is InChI=1S/C29H30N2O4S/c1-20(2)21-8-12-23(13-9-21)30-29(33)28(22-10-14-24(34-3)15-11-22)31(19-25-6-4-16-35-25)27(32)18-26-7-5-17-36-26/h4-17,20,28H,18-19H2,1-3H3,(H,30,33)/t28-/m1/s1. The van der Waals surface area contributed by atoms with Crippen molar-refractivity contribution in [2.24, 2.45) is 0 Å². The van der Waals surface area contributed by atoms with Gasteiger partial charge in [-0.2, -0.15) is 0 Å². The second kappa shape index (κ2) is 11.7. The molecule has 4 aromatic rings. The zero-order valence-corrected chi connectivity index (χ0v) is 21.5. The van der Waals surface area contributed by atoms with Crippen LogP contribution >= 0.6 is 11.3 Å². The second-order valence-corrected chi connectivity index (χ2v) is 9.83. The maximum absolute atomic E-state index is 13.8. The van der Waals surface area contributed by atoms with Crippen LogP contribution in [0.5, 0.6) is 5.75 Å². The van der Waals surface area contributed by atoms with Gasteiger partial charge in [0.05, 0.1) is 26.3 Å². The van der Waals surface area contributed by atoms with Gasteiger partial charge in [0.15, 0.2) is 0 Å². The highest BCUT2D eigenvalue weighted by molar-refractivity contribution is 7.10. The topological polar surface area (TPSA) is 71.8 Å². The first-order chi connectivity index (χ1) is 17.4. The summed E-state index contributed by atoms with van der Waals surface area (Å²) in [5, 5.41) is 4.96. The number of hydrogen-bond donors (Lipinski definition) is 1. The number of carbonyl (C=O) groups excluding carboxylic acids is 2. The van der Waals surface area contributed by atoms with Crippen molar-refractivity contribution in [3.63, 3.8) is 0 Å². The molecule has 2 aromatic carbocycles. The summed E-state index contributed by atoms with van der Waals surface area (Å²) < 4.78 is 10.9. The summed E-state index contributed by atoms with van der Waals surface area (Å²) in [6.45, 7) is 4.41. The van der Waals surface area contributed by atoms with Crippen LogP contribution in [0.15, 0.2) is 88.9 Å². The van der Waals surface area contributed by atoms with E-state index in [0.717, 1.165) is 4.88 Å². The van der Waals surface area contributed by atoms with E-state index in [-0.39, 0.29) is 24.8 Å². The number of hydrogen-bond acceptors (Lipinski definition) is 5. The molecule has 1 atom stereocenters. The SMILES string of the molecule is COc1ccc([C@H](C(=O)Nc2ccc(C(C)C)cc2)N(Cc2ccco2)C(=O)Cc2cccs2)cc1. The number of furan rings is 1. The molecule has 0 saturated heterocycles. The molecule has 186 valence electrons. The summed E-state index contributed by atoms with van der Waals surface area (Å²) in [5.74, 6) is 1.19. The maximum atomic E-state index is 13.8. The lowest BCUT2D eigenvalue weighted by Gasteiger charge is -2.31. The minimum absolute atomic E-state index is 0.160. The van der Waals surface area contributed by atoms with Gasteiger partial charge in [0.2, 0.25) is 5.91 Å². The molecule has 0 radical (unpaired) electrons. The molecule has 2 aromatic heterocycles. The zero-order chi connectivity index (χ0) is 25.5. The molecule has 0 spiro atoms. The number of anilines is 1.